The quantitative estimate of drug-likeness (QED) is 0.522. The van der Waals surface area contributed by atoms with Gasteiger partial charge < -0.3 is 19.4 Å². The fraction of sp³-hybridized carbons (Fsp3) is 0.467. The fourth-order valence-electron chi connectivity index (χ4n) is 2.65. The van der Waals surface area contributed by atoms with Crippen molar-refractivity contribution in [3.8, 4) is 11.5 Å². The third-order valence-electron chi connectivity index (χ3n) is 3.59. The Morgan fingerprint density at radius 3 is 2.67 bits per heavy atom. The van der Waals surface area contributed by atoms with Gasteiger partial charge in [0.2, 0.25) is 0 Å². The molecular weight excluding hydrogens is 274 g/mol. The second-order valence-corrected chi connectivity index (χ2v) is 4.73. The van der Waals surface area contributed by atoms with Gasteiger partial charge in [0.25, 0.3) is 0 Å². The van der Waals surface area contributed by atoms with Gasteiger partial charge in [-0.05, 0) is 25.5 Å². The first-order valence-electron chi connectivity index (χ1n) is 6.78. The molecule has 0 unspecified atom stereocenters. The van der Waals surface area contributed by atoms with Crippen molar-refractivity contribution in [2.45, 2.75) is 19.8 Å². The maximum atomic E-state index is 12.0. The number of oxime groups is 1. The van der Waals surface area contributed by atoms with Crippen molar-refractivity contribution in [2.75, 3.05) is 20.8 Å². The number of carbonyl (C=O) groups is 1. The number of esters is 1. The Kier molecular flexibility index (Phi) is 4.67. The molecule has 0 radical (unpaired) electrons. The molecule has 1 aliphatic carbocycles. The molecule has 0 saturated carbocycles. The molecule has 0 bridgehead atoms. The van der Waals surface area contributed by atoms with Crippen LogP contribution in [0.4, 0.5) is 0 Å². The highest BCUT2D eigenvalue weighted by Gasteiger charge is 2.33. The number of benzene rings is 1. The molecule has 1 aliphatic rings. The number of nitrogens with zero attached hydrogens (tertiary/aromatic N) is 1. The summed E-state index contributed by atoms with van der Waals surface area (Å²) >= 11 is 0. The predicted molar refractivity (Wildman–Crippen MR) is 76.3 cm³/mol. The van der Waals surface area contributed by atoms with Crippen molar-refractivity contribution in [1.82, 2.24) is 0 Å². The van der Waals surface area contributed by atoms with E-state index in [1.807, 2.05) is 6.07 Å². The Bertz CT molecular complexity index is 567. The van der Waals surface area contributed by atoms with Crippen molar-refractivity contribution < 1.29 is 24.2 Å². The van der Waals surface area contributed by atoms with Crippen molar-refractivity contribution >= 4 is 11.7 Å². The van der Waals surface area contributed by atoms with E-state index in [4.69, 9.17) is 14.2 Å². The Morgan fingerprint density at radius 1 is 1.33 bits per heavy atom. The van der Waals surface area contributed by atoms with Crippen LogP contribution in [0, 0.1) is 5.92 Å². The van der Waals surface area contributed by atoms with Crippen LogP contribution in [0.2, 0.25) is 0 Å². The molecule has 21 heavy (non-hydrogen) atoms. The van der Waals surface area contributed by atoms with E-state index in [0.29, 0.717) is 36.7 Å². The van der Waals surface area contributed by atoms with E-state index in [1.165, 1.54) is 0 Å². The number of hydrogen-bond donors (Lipinski definition) is 1. The van der Waals surface area contributed by atoms with Crippen LogP contribution in [-0.2, 0) is 16.0 Å². The molecule has 0 saturated heterocycles. The summed E-state index contributed by atoms with van der Waals surface area (Å²) in [4.78, 5) is 12.0. The molecule has 2 rings (SSSR count). The van der Waals surface area contributed by atoms with E-state index < -0.39 is 0 Å². The fourth-order valence-corrected chi connectivity index (χ4v) is 2.65. The largest absolute Gasteiger partial charge is 0.493 e. The molecule has 0 heterocycles. The Balaban J connectivity index is 2.47. The Hall–Kier alpha value is -2.24. The van der Waals surface area contributed by atoms with Crippen molar-refractivity contribution in [1.29, 1.82) is 0 Å². The average molecular weight is 293 g/mol. The molecule has 0 amide bonds. The molecule has 6 nitrogen and oxygen atoms in total. The summed E-state index contributed by atoms with van der Waals surface area (Å²) in [6, 6.07) is 3.57. The van der Waals surface area contributed by atoms with Crippen molar-refractivity contribution in [3.05, 3.63) is 23.3 Å². The summed E-state index contributed by atoms with van der Waals surface area (Å²) < 4.78 is 15.7. The van der Waals surface area contributed by atoms with Crippen LogP contribution in [0.25, 0.3) is 0 Å². The minimum atomic E-state index is -0.385. The molecule has 1 aromatic carbocycles. The van der Waals surface area contributed by atoms with Crippen molar-refractivity contribution in [3.63, 3.8) is 0 Å². The highest BCUT2D eigenvalue weighted by molar-refractivity contribution is 6.05. The van der Waals surface area contributed by atoms with E-state index in [-0.39, 0.29) is 11.9 Å². The smallest absolute Gasteiger partial charge is 0.309 e. The first kappa shape index (κ1) is 15.2. The van der Waals surface area contributed by atoms with Gasteiger partial charge in [-0.3, -0.25) is 4.79 Å². The zero-order valence-electron chi connectivity index (χ0n) is 12.4. The zero-order chi connectivity index (χ0) is 15.4. The number of ether oxygens (including phenoxy) is 3. The third kappa shape index (κ3) is 2.79. The molecule has 0 aromatic heterocycles. The van der Waals surface area contributed by atoms with E-state index in [1.54, 1.807) is 27.2 Å². The van der Waals surface area contributed by atoms with E-state index in [2.05, 4.69) is 5.16 Å². The molecule has 1 atom stereocenters. The number of rotatable bonds is 4. The zero-order valence-corrected chi connectivity index (χ0v) is 12.4. The average Bonchev–Trinajstić information content (AvgIpc) is 2.52. The lowest BCUT2D eigenvalue weighted by atomic mass is 9.82. The highest BCUT2D eigenvalue weighted by atomic mass is 16.5. The van der Waals surface area contributed by atoms with Crippen LogP contribution in [0.5, 0.6) is 11.5 Å². The van der Waals surface area contributed by atoms with Gasteiger partial charge in [0.15, 0.2) is 11.5 Å². The second-order valence-electron chi connectivity index (χ2n) is 4.73. The summed E-state index contributed by atoms with van der Waals surface area (Å²) in [6.45, 7) is 2.09. The number of carbonyl (C=O) groups excluding carboxylic acids is 1. The van der Waals surface area contributed by atoms with Gasteiger partial charge in [0, 0.05) is 17.5 Å². The van der Waals surface area contributed by atoms with Gasteiger partial charge >= 0.3 is 5.97 Å². The maximum absolute atomic E-state index is 12.0. The van der Waals surface area contributed by atoms with Gasteiger partial charge in [-0.2, -0.15) is 0 Å². The van der Waals surface area contributed by atoms with E-state index >= 15 is 0 Å². The Labute approximate surface area is 123 Å². The lowest BCUT2D eigenvalue weighted by Crippen LogP contribution is -2.29. The van der Waals surface area contributed by atoms with E-state index in [9.17, 15) is 10.0 Å². The van der Waals surface area contributed by atoms with Crippen LogP contribution >= 0.6 is 0 Å². The molecule has 0 spiro atoms. The molecule has 114 valence electrons. The van der Waals surface area contributed by atoms with Crippen LogP contribution in [-0.4, -0.2) is 37.7 Å². The SMILES string of the molecule is CCOC(=O)[C@@H]1C/C(=N/O)c2ccc(OC)c(OC)c2C1. The molecule has 6 heteroatoms. The lowest BCUT2D eigenvalue weighted by molar-refractivity contribution is -0.147. The van der Waals surface area contributed by atoms with Crippen LogP contribution in [0.15, 0.2) is 17.3 Å². The number of hydrogen-bond acceptors (Lipinski definition) is 6. The number of methoxy groups -OCH3 is 2. The summed E-state index contributed by atoms with van der Waals surface area (Å²) in [7, 11) is 3.10. The molecule has 0 fully saturated rings. The van der Waals surface area contributed by atoms with Gasteiger partial charge in [-0.15, -0.1) is 0 Å². The standard InChI is InChI=1S/C15H19NO5/c1-4-21-15(17)9-7-11-10(12(8-9)16-18)5-6-13(19-2)14(11)20-3/h5-6,9,18H,4,7-8H2,1-3H3/b16-12-/t9-/m0/s1. The Morgan fingerprint density at radius 2 is 2.10 bits per heavy atom. The summed E-state index contributed by atoms with van der Waals surface area (Å²) in [6.07, 6.45) is 0.811. The topological polar surface area (TPSA) is 77.4 Å². The van der Waals surface area contributed by atoms with Crippen LogP contribution in [0.1, 0.15) is 24.5 Å². The number of fused-ring (bicyclic) bond motifs is 1. The van der Waals surface area contributed by atoms with Gasteiger partial charge in [0.1, 0.15) is 0 Å². The molecular formula is C15H19NO5. The molecule has 0 aliphatic heterocycles. The predicted octanol–water partition coefficient (Wildman–Crippen LogP) is 2.01. The summed E-state index contributed by atoms with van der Waals surface area (Å²) in [5, 5.41) is 12.5. The maximum Gasteiger partial charge on any atom is 0.309 e. The first-order chi connectivity index (χ1) is 10.2. The van der Waals surface area contributed by atoms with Gasteiger partial charge in [-0.25, -0.2) is 0 Å². The minimum absolute atomic E-state index is 0.297. The van der Waals surface area contributed by atoms with Gasteiger partial charge in [0.05, 0.1) is 32.5 Å². The highest BCUT2D eigenvalue weighted by Crippen LogP contribution is 2.39. The third-order valence-corrected chi connectivity index (χ3v) is 3.59. The van der Waals surface area contributed by atoms with E-state index in [0.717, 1.165) is 11.1 Å². The lowest BCUT2D eigenvalue weighted by Gasteiger charge is -2.26. The first-order valence-corrected chi connectivity index (χ1v) is 6.78. The molecule has 1 N–H and O–H groups in total. The van der Waals surface area contributed by atoms with Gasteiger partial charge in [-0.1, -0.05) is 5.16 Å². The van der Waals surface area contributed by atoms with Crippen LogP contribution in [0.3, 0.4) is 0 Å². The van der Waals surface area contributed by atoms with Crippen LogP contribution < -0.4 is 9.47 Å². The monoisotopic (exact) mass is 293 g/mol. The minimum Gasteiger partial charge on any atom is -0.493 e. The molecule has 1 aromatic rings. The summed E-state index contributed by atoms with van der Waals surface area (Å²) in [5.74, 6) is 0.460. The van der Waals surface area contributed by atoms with Crippen molar-refractivity contribution in [2.24, 2.45) is 11.1 Å². The normalized spacial score (nSPS) is 19.0. The summed E-state index contributed by atoms with van der Waals surface area (Å²) in [5.41, 5.74) is 2.03. The second kappa shape index (κ2) is 6.47.